The van der Waals surface area contributed by atoms with Gasteiger partial charge in [-0.15, -0.1) is 0 Å². The molecular weight excluding hydrogens is 392 g/mol. The highest BCUT2D eigenvalue weighted by Crippen LogP contribution is 2.12. The van der Waals surface area contributed by atoms with Crippen molar-refractivity contribution >= 4 is 17.4 Å². The van der Waals surface area contributed by atoms with Crippen molar-refractivity contribution in [3.63, 3.8) is 0 Å². The van der Waals surface area contributed by atoms with Crippen molar-refractivity contribution in [1.82, 2.24) is 9.13 Å². The molecule has 0 aliphatic heterocycles. The largest absolute Gasteiger partial charge is 0.383 e. The molecule has 1 heterocycles. The van der Waals surface area contributed by atoms with Crippen LogP contribution in [0.15, 0.2) is 70.3 Å². The summed E-state index contributed by atoms with van der Waals surface area (Å²) in [5.74, 6) is -0.342. The summed E-state index contributed by atoms with van der Waals surface area (Å²) in [4.78, 5) is 37.4. The normalized spacial score (nSPS) is 10.1. The number of nitrogen functional groups attached to an aromatic ring is 1. The quantitative estimate of drug-likeness (QED) is 0.612. The SMILES string of the molecule is CCCn1c(N)c(NC(=O)Cc2ccccc2)c(=O)n(CCC)c1=O.[c]1ccccc1. The number of hydrogen-bond donors (Lipinski definition) is 2. The van der Waals surface area contributed by atoms with Gasteiger partial charge < -0.3 is 11.1 Å². The van der Waals surface area contributed by atoms with Crippen molar-refractivity contribution in [3.05, 3.63) is 93.1 Å². The third-order valence-corrected chi connectivity index (χ3v) is 4.44. The molecule has 0 atom stereocenters. The van der Waals surface area contributed by atoms with Crippen molar-refractivity contribution in [1.29, 1.82) is 0 Å². The number of benzene rings is 2. The van der Waals surface area contributed by atoms with Gasteiger partial charge >= 0.3 is 5.69 Å². The van der Waals surface area contributed by atoms with Crippen LogP contribution in [0.25, 0.3) is 0 Å². The van der Waals surface area contributed by atoms with Crippen LogP contribution in [-0.4, -0.2) is 15.0 Å². The van der Waals surface area contributed by atoms with Gasteiger partial charge in [0, 0.05) is 13.1 Å². The van der Waals surface area contributed by atoms with Gasteiger partial charge in [-0.3, -0.25) is 18.7 Å². The van der Waals surface area contributed by atoms with Gasteiger partial charge in [-0.05, 0) is 24.5 Å². The summed E-state index contributed by atoms with van der Waals surface area (Å²) in [6.45, 7) is 4.45. The first-order valence-electron chi connectivity index (χ1n) is 10.4. The summed E-state index contributed by atoms with van der Waals surface area (Å²) < 4.78 is 2.47. The fourth-order valence-corrected chi connectivity index (χ4v) is 3.00. The van der Waals surface area contributed by atoms with Crippen LogP contribution in [0.2, 0.25) is 0 Å². The molecule has 0 fully saturated rings. The van der Waals surface area contributed by atoms with Gasteiger partial charge in [0.2, 0.25) is 5.91 Å². The zero-order valence-corrected chi connectivity index (χ0v) is 18.0. The van der Waals surface area contributed by atoms with Gasteiger partial charge in [-0.1, -0.05) is 74.5 Å². The van der Waals surface area contributed by atoms with Crippen molar-refractivity contribution < 1.29 is 4.79 Å². The molecular formula is C24H29N4O3. The number of carbonyl (C=O) groups excluding carboxylic acids is 1. The molecule has 0 saturated heterocycles. The molecule has 0 aliphatic carbocycles. The van der Waals surface area contributed by atoms with Crippen molar-refractivity contribution in [3.8, 4) is 0 Å². The number of nitrogens with two attached hydrogens (primary N) is 1. The maximum Gasteiger partial charge on any atom is 0.332 e. The van der Waals surface area contributed by atoms with E-state index in [2.05, 4.69) is 11.4 Å². The third kappa shape index (κ3) is 6.70. The second kappa shape index (κ2) is 12.2. The van der Waals surface area contributed by atoms with Crippen LogP contribution in [0, 0.1) is 6.07 Å². The fraction of sp³-hybridized carbons (Fsp3) is 0.292. The minimum atomic E-state index is -0.557. The number of rotatable bonds is 7. The molecule has 1 aromatic heterocycles. The number of carbonyl (C=O) groups is 1. The average molecular weight is 422 g/mol. The summed E-state index contributed by atoms with van der Waals surface area (Å²) >= 11 is 0. The van der Waals surface area contributed by atoms with E-state index in [4.69, 9.17) is 5.73 Å². The minimum Gasteiger partial charge on any atom is -0.383 e. The van der Waals surface area contributed by atoms with Gasteiger partial charge in [0.05, 0.1) is 6.42 Å². The minimum absolute atomic E-state index is 0.00520. The van der Waals surface area contributed by atoms with Gasteiger partial charge in [0.25, 0.3) is 5.56 Å². The molecule has 0 spiro atoms. The lowest BCUT2D eigenvalue weighted by Crippen LogP contribution is -2.43. The van der Waals surface area contributed by atoms with E-state index in [9.17, 15) is 14.4 Å². The van der Waals surface area contributed by atoms with Gasteiger partial charge in [0.15, 0.2) is 0 Å². The maximum atomic E-state index is 12.6. The Balaban J connectivity index is 0.000000488. The molecule has 31 heavy (non-hydrogen) atoms. The summed E-state index contributed by atoms with van der Waals surface area (Å²) in [7, 11) is 0. The van der Waals surface area contributed by atoms with Crippen LogP contribution in [0.4, 0.5) is 11.5 Å². The Morgan fingerprint density at radius 2 is 1.52 bits per heavy atom. The van der Waals surface area contributed by atoms with E-state index in [1.54, 1.807) is 0 Å². The second-order valence-corrected chi connectivity index (χ2v) is 6.94. The Morgan fingerprint density at radius 3 is 2.03 bits per heavy atom. The number of aromatic nitrogens is 2. The molecule has 163 valence electrons. The Bertz CT molecular complexity index is 1050. The molecule has 7 heteroatoms. The van der Waals surface area contributed by atoms with Crippen LogP contribution < -0.4 is 22.3 Å². The number of nitrogens with one attached hydrogen (secondary N) is 1. The van der Waals surface area contributed by atoms with E-state index in [1.165, 1.54) is 4.57 Å². The summed E-state index contributed by atoms with van der Waals surface area (Å²) in [6.07, 6.45) is 1.44. The molecule has 0 unspecified atom stereocenters. The zero-order valence-electron chi connectivity index (χ0n) is 18.0. The second-order valence-electron chi connectivity index (χ2n) is 6.94. The molecule has 1 radical (unpaired) electrons. The highest BCUT2D eigenvalue weighted by molar-refractivity contribution is 5.94. The highest BCUT2D eigenvalue weighted by atomic mass is 16.2. The topological polar surface area (TPSA) is 99.1 Å². The van der Waals surface area contributed by atoms with Crippen molar-refractivity contribution in [2.75, 3.05) is 11.1 Å². The lowest BCUT2D eigenvalue weighted by molar-refractivity contribution is -0.115. The average Bonchev–Trinajstić information content (AvgIpc) is 2.79. The Kier molecular flexibility index (Phi) is 9.29. The van der Waals surface area contributed by atoms with Crippen LogP contribution in [0.1, 0.15) is 32.3 Å². The Labute approximate surface area is 182 Å². The lowest BCUT2D eigenvalue weighted by Gasteiger charge is -2.16. The van der Waals surface area contributed by atoms with Crippen LogP contribution in [-0.2, 0) is 24.3 Å². The van der Waals surface area contributed by atoms with Gasteiger partial charge in [-0.25, -0.2) is 4.79 Å². The van der Waals surface area contributed by atoms with E-state index >= 15 is 0 Å². The molecule has 0 bridgehead atoms. The smallest absolute Gasteiger partial charge is 0.332 e. The summed E-state index contributed by atoms with van der Waals surface area (Å²) in [6, 6.07) is 21.7. The van der Waals surface area contributed by atoms with E-state index in [1.807, 2.05) is 74.5 Å². The third-order valence-electron chi connectivity index (χ3n) is 4.44. The number of hydrogen-bond acceptors (Lipinski definition) is 4. The number of amides is 1. The summed E-state index contributed by atoms with van der Waals surface area (Å²) in [5, 5.41) is 2.59. The monoisotopic (exact) mass is 421 g/mol. The molecule has 1 amide bonds. The molecule has 3 rings (SSSR count). The Morgan fingerprint density at radius 1 is 0.935 bits per heavy atom. The highest BCUT2D eigenvalue weighted by Gasteiger charge is 2.18. The number of anilines is 2. The zero-order chi connectivity index (χ0) is 22.6. The van der Waals surface area contributed by atoms with Crippen LogP contribution in [0.3, 0.4) is 0 Å². The predicted molar refractivity (Wildman–Crippen MR) is 124 cm³/mol. The molecule has 0 aliphatic rings. The van der Waals surface area contributed by atoms with E-state index in [0.717, 1.165) is 10.1 Å². The van der Waals surface area contributed by atoms with E-state index < -0.39 is 11.2 Å². The van der Waals surface area contributed by atoms with Crippen LogP contribution >= 0.6 is 0 Å². The van der Waals surface area contributed by atoms with Crippen molar-refractivity contribution in [2.45, 2.75) is 46.2 Å². The summed E-state index contributed by atoms with van der Waals surface area (Å²) in [5.41, 5.74) is 5.82. The molecule has 0 saturated carbocycles. The van der Waals surface area contributed by atoms with Crippen molar-refractivity contribution in [2.24, 2.45) is 0 Å². The predicted octanol–water partition coefficient (Wildman–Crippen LogP) is 3.08. The van der Waals surface area contributed by atoms with Gasteiger partial charge in [0.1, 0.15) is 11.5 Å². The first-order chi connectivity index (χ1) is 15.0. The molecule has 7 nitrogen and oxygen atoms in total. The van der Waals surface area contributed by atoms with E-state index in [0.29, 0.717) is 19.4 Å². The lowest BCUT2D eigenvalue weighted by atomic mass is 10.1. The molecule has 2 aromatic carbocycles. The van der Waals surface area contributed by atoms with E-state index in [-0.39, 0.29) is 30.4 Å². The first kappa shape index (κ1) is 23.7. The standard InChI is InChI=1S/C18H24N4O3.C6H5/c1-3-10-21-16(19)15(17(24)22(11-4-2)18(21)25)20-14(23)12-13-8-6-5-7-9-13;1-2-4-6-5-3-1/h5-9H,3-4,10-12,19H2,1-2H3,(H,20,23);1-5H. The molecule has 3 aromatic rings. The molecule has 3 N–H and O–H groups in total. The van der Waals surface area contributed by atoms with Crippen LogP contribution in [0.5, 0.6) is 0 Å². The fourth-order valence-electron chi connectivity index (χ4n) is 3.00. The number of nitrogens with zero attached hydrogens (tertiary/aromatic N) is 2. The first-order valence-corrected chi connectivity index (χ1v) is 10.4. The Hall–Kier alpha value is -3.61. The van der Waals surface area contributed by atoms with Gasteiger partial charge in [-0.2, -0.15) is 0 Å². The maximum absolute atomic E-state index is 12.6.